The molecule has 4 aromatic rings. The molecular weight excluding hydrogens is 530 g/mol. The fourth-order valence-electron chi connectivity index (χ4n) is 3.03. The molecule has 4 rings (SSSR count). The van der Waals surface area contributed by atoms with E-state index < -0.39 is 5.97 Å². The standard InChI is InChI=1S/C25H20BrN5O3S/c1-17-28-30-25(31(17)21-5-3-2-4-6-21)35-16-23(32)29-27-15-18-7-13-22(14-8-18)34-24(33)19-9-11-20(26)12-10-19/h2-15H,16H2,1H3,(H,29,32)/b27-15-. The van der Waals surface area contributed by atoms with Crippen LogP contribution >= 0.6 is 27.7 Å². The number of para-hydroxylation sites is 1. The van der Waals surface area contributed by atoms with E-state index in [1.165, 1.54) is 18.0 Å². The van der Waals surface area contributed by atoms with Crippen molar-refractivity contribution in [3.05, 3.63) is 100 Å². The van der Waals surface area contributed by atoms with E-state index >= 15 is 0 Å². The normalized spacial score (nSPS) is 10.9. The van der Waals surface area contributed by atoms with Gasteiger partial charge in [0.25, 0.3) is 5.91 Å². The average Bonchev–Trinajstić information content (AvgIpc) is 3.25. The maximum absolute atomic E-state index is 12.2. The fraction of sp³-hybridized carbons (Fsp3) is 0.0800. The molecule has 8 nitrogen and oxygen atoms in total. The molecule has 0 atom stereocenters. The van der Waals surface area contributed by atoms with Crippen molar-refractivity contribution < 1.29 is 14.3 Å². The van der Waals surface area contributed by atoms with Crippen molar-refractivity contribution in [2.45, 2.75) is 12.1 Å². The number of thioether (sulfide) groups is 1. The summed E-state index contributed by atoms with van der Waals surface area (Å²) in [6.07, 6.45) is 1.51. The molecule has 1 aromatic heterocycles. The summed E-state index contributed by atoms with van der Waals surface area (Å²) >= 11 is 4.61. The molecule has 0 spiro atoms. The molecule has 35 heavy (non-hydrogen) atoms. The molecule has 10 heteroatoms. The van der Waals surface area contributed by atoms with Crippen molar-refractivity contribution in [1.29, 1.82) is 0 Å². The number of hydrogen-bond acceptors (Lipinski definition) is 7. The molecule has 0 aliphatic rings. The molecule has 1 amide bonds. The molecule has 1 N–H and O–H groups in total. The largest absolute Gasteiger partial charge is 0.423 e. The Morgan fingerprint density at radius 3 is 2.46 bits per heavy atom. The molecule has 0 unspecified atom stereocenters. The smallest absolute Gasteiger partial charge is 0.343 e. The lowest BCUT2D eigenvalue weighted by Gasteiger charge is -2.07. The number of ether oxygens (including phenoxy) is 1. The predicted octanol–water partition coefficient (Wildman–Crippen LogP) is 4.80. The van der Waals surface area contributed by atoms with Gasteiger partial charge in [-0.05, 0) is 73.2 Å². The number of aromatic nitrogens is 3. The van der Waals surface area contributed by atoms with E-state index in [4.69, 9.17) is 4.74 Å². The minimum Gasteiger partial charge on any atom is -0.423 e. The Balaban J connectivity index is 1.27. The van der Waals surface area contributed by atoms with Gasteiger partial charge < -0.3 is 4.74 Å². The molecular formula is C25H20BrN5O3S. The highest BCUT2D eigenvalue weighted by molar-refractivity contribution is 9.10. The van der Waals surface area contributed by atoms with E-state index in [2.05, 4.69) is 36.7 Å². The molecule has 0 radical (unpaired) electrons. The lowest BCUT2D eigenvalue weighted by molar-refractivity contribution is -0.118. The molecule has 0 saturated carbocycles. The number of benzene rings is 3. The third kappa shape index (κ3) is 6.65. The van der Waals surface area contributed by atoms with Gasteiger partial charge in [-0.3, -0.25) is 9.36 Å². The molecule has 0 aliphatic carbocycles. The lowest BCUT2D eigenvalue weighted by atomic mass is 10.2. The number of carbonyl (C=O) groups is 2. The zero-order chi connectivity index (χ0) is 24.6. The van der Waals surface area contributed by atoms with Gasteiger partial charge >= 0.3 is 5.97 Å². The van der Waals surface area contributed by atoms with E-state index in [0.29, 0.717) is 16.5 Å². The van der Waals surface area contributed by atoms with Crippen molar-refractivity contribution in [2.24, 2.45) is 5.10 Å². The van der Waals surface area contributed by atoms with E-state index in [9.17, 15) is 9.59 Å². The Hall–Kier alpha value is -3.76. The number of hydrazone groups is 1. The molecule has 1 heterocycles. The molecule has 3 aromatic carbocycles. The zero-order valence-electron chi connectivity index (χ0n) is 18.6. The van der Waals surface area contributed by atoms with Gasteiger partial charge in [-0.25, -0.2) is 10.2 Å². The van der Waals surface area contributed by atoms with Gasteiger partial charge in [-0.1, -0.05) is 45.9 Å². The summed E-state index contributed by atoms with van der Waals surface area (Å²) in [5.41, 5.74) is 4.63. The van der Waals surface area contributed by atoms with Gasteiger partial charge in [0.15, 0.2) is 5.16 Å². The van der Waals surface area contributed by atoms with Crippen LogP contribution in [0.25, 0.3) is 5.69 Å². The Kier molecular flexibility index (Phi) is 8.07. The summed E-state index contributed by atoms with van der Waals surface area (Å²) in [4.78, 5) is 24.4. The second kappa shape index (κ2) is 11.6. The van der Waals surface area contributed by atoms with Crippen molar-refractivity contribution >= 4 is 45.8 Å². The van der Waals surface area contributed by atoms with Crippen LogP contribution in [-0.4, -0.2) is 38.6 Å². The van der Waals surface area contributed by atoms with Gasteiger partial charge in [0, 0.05) is 10.2 Å². The van der Waals surface area contributed by atoms with Crippen LogP contribution in [0.5, 0.6) is 5.75 Å². The summed E-state index contributed by atoms with van der Waals surface area (Å²) in [5.74, 6) is 0.567. The number of esters is 1. The number of hydrogen-bond donors (Lipinski definition) is 1. The Bertz CT molecular complexity index is 1340. The summed E-state index contributed by atoms with van der Waals surface area (Å²) in [5, 5.41) is 12.9. The first-order valence-electron chi connectivity index (χ1n) is 10.5. The maximum atomic E-state index is 12.2. The minimum absolute atomic E-state index is 0.132. The predicted molar refractivity (Wildman–Crippen MR) is 138 cm³/mol. The molecule has 176 valence electrons. The fourth-order valence-corrected chi connectivity index (χ4v) is 4.08. The number of nitrogens with zero attached hydrogens (tertiary/aromatic N) is 4. The second-order valence-corrected chi connectivity index (χ2v) is 9.11. The van der Waals surface area contributed by atoms with Gasteiger partial charge in [0.05, 0.1) is 17.5 Å². The summed E-state index contributed by atoms with van der Waals surface area (Å²) in [6.45, 7) is 1.86. The van der Waals surface area contributed by atoms with E-state index in [-0.39, 0.29) is 11.7 Å². The monoisotopic (exact) mass is 549 g/mol. The van der Waals surface area contributed by atoms with Crippen molar-refractivity contribution in [3.63, 3.8) is 0 Å². The van der Waals surface area contributed by atoms with Crippen LogP contribution in [0.3, 0.4) is 0 Å². The maximum Gasteiger partial charge on any atom is 0.343 e. The summed E-state index contributed by atoms with van der Waals surface area (Å²) < 4.78 is 8.15. The van der Waals surface area contributed by atoms with E-state index in [1.54, 1.807) is 48.5 Å². The second-order valence-electron chi connectivity index (χ2n) is 7.25. The first-order valence-corrected chi connectivity index (χ1v) is 12.3. The van der Waals surface area contributed by atoms with Gasteiger partial charge in [0.1, 0.15) is 11.6 Å². The Morgan fingerprint density at radius 2 is 1.74 bits per heavy atom. The van der Waals surface area contributed by atoms with Crippen LogP contribution in [0.1, 0.15) is 21.7 Å². The van der Waals surface area contributed by atoms with E-state index in [1.807, 2.05) is 41.8 Å². The zero-order valence-corrected chi connectivity index (χ0v) is 21.0. The quantitative estimate of drug-likeness (QED) is 0.111. The SMILES string of the molecule is Cc1nnc(SCC(=O)N/N=C\c2ccc(OC(=O)c3ccc(Br)cc3)cc2)n1-c1ccccc1. The van der Waals surface area contributed by atoms with Crippen LogP contribution in [0.4, 0.5) is 0 Å². The van der Waals surface area contributed by atoms with Crippen molar-refractivity contribution in [2.75, 3.05) is 5.75 Å². The summed E-state index contributed by atoms with van der Waals surface area (Å²) in [6, 6.07) is 23.4. The Morgan fingerprint density at radius 1 is 1.03 bits per heavy atom. The number of amides is 1. The highest BCUT2D eigenvalue weighted by atomic mass is 79.9. The molecule has 0 bridgehead atoms. The number of rotatable bonds is 8. The number of carbonyl (C=O) groups excluding carboxylic acids is 2. The first kappa shape index (κ1) is 24.4. The van der Waals surface area contributed by atoms with Gasteiger partial charge in [-0.2, -0.15) is 5.10 Å². The van der Waals surface area contributed by atoms with Crippen molar-refractivity contribution in [3.8, 4) is 11.4 Å². The summed E-state index contributed by atoms with van der Waals surface area (Å²) in [7, 11) is 0. The van der Waals surface area contributed by atoms with Gasteiger partial charge in [-0.15, -0.1) is 10.2 Å². The molecule has 0 aliphatic heterocycles. The van der Waals surface area contributed by atoms with Gasteiger partial charge in [0.2, 0.25) is 0 Å². The van der Waals surface area contributed by atoms with E-state index in [0.717, 1.165) is 21.5 Å². The number of aryl methyl sites for hydroxylation is 1. The minimum atomic E-state index is -0.443. The highest BCUT2D eigenvalue weighted by Gasteiger charge is 2.13. The van der Waals surface area contributed by atoms with Crippen LogP contribution < -0.4 is 10.2 Å². The lowest BCUT2D eigenvalue weighted by Crippen LogP contribution is -2.20. The first-order chi connectivity index (χ1) is 17.0. The van der Waals surface area contributed by atoms with Crippen molar-refractivity contribution in [1.82, 2.24) is 20.2 Å². The van der Waals surface area contributed by atoms with Crippen LogP contribution in [0.2, 0.25) is 0 Å². The third-order valence-electron chi connectivity index (χ3n) is 4.72. The number of nitrogens with one attached hydrogen (secondary N) is 1. The highest BCUT2D eigenvalue weighted by Crippen LogP contribution is 2.21. The van der Waals surface area contributed by atoms with Crippen LogP contribution in [0.15, 0.2) is 93.6 Å². The van der Waals surface area contributed by atoms with Crippen LogP contribution in [0, 0.1) is 6.92 Å². The molecule has 0 saturated heterocycles. The molecule has 0 fully saturated rings. The van der Waals surface area contributed by atoms with Crippen LogP contribution in [-0.2, 0) is 4.79 Å². The number of halogens is 1. The Labute approximate surface area is 214 Å². The average molecular weight is 550 g/mol. The topological polar surface area (TPSA) is 98.5 Å². The third-order valence-corrected chi connectivity index (χ3v) is 6.17.